The molecular weight excluding hydrogens is 250 g/mol. The maximum atomic E-state index is 6.15. The normalized spacial score (nSPS) is 23.2. The summed E-state index contributed by atoms with van der Waals surface area (Å²) in [5, 5.41) is 3.64. The maximum absolute atomic E-state index is 6.15. The number of benzene rings is 1. The summed E-state index contributed by atoms with van der Waals surface area (Å²) in [5.41, 5.74) is 2.44. The minimum Gasteiger partial charge on any atom is -0.489 e. The van der Waals surface area contributed by atoms with Crippen LogP contribution in [0.1, 0.15) is 57.2 Å². The van der Waals surface area contributed by atoms with Crippen LogP contribution in [0.25, 0.3) is 0 Å². The third kappa shape index (κ3) is 2.51. The van der Waals surface area contributed by atoms with Gasteiger partial charge in [0.1, 0.15) is 5.60 Å². The molecule has 3 rings (SSSR count). The molecule has 0 radical (unpaired) electrons. The molecule has 0 saturated heterocycles. The van der Waals surface area contributed by atoms with E-state index in [1.165, 1.54) is 11.1 Å². The Labute approximate surface area is 121 Å². The Balaban J connectivity index is 1.96. The average molecular weight is 275 g/mol. The van der Waals surface area contributed by atoms with Gasteiger partial charge in [-0.1, -0.05) is 19.1 Å². The number of rotatable bonds is 3. The van der Waals surface area contributed by atoms with Gasteiger partial charge < -0.3 is 14.8 Å². The highest BCUT2D eigenvalue weighted by molar-refractivity contribution is 5.56. The summed E-state index contributed by atoms with van der Waals surface area (Å²) in [7, 11) is 0. The lowest BCUT2D eigenvalue weighted by Gasteiger charge is -2.21. The lowest BCUT2D eigenvalue weighted by molar-refractivity contribution is 0.132. The first-order valence-corrected chi connectivity index (χ1v) is 7.82. The largest absolute Gasteiger partial charge is 0.489 e. The molecule has 0 bridgehead atoms. The average Bonchev–Trinajstić information content (AvgIpc) is 2.59. The molecule has 3 nitrogen and oxygen atoms in total. The van der Waals surface area contributed by atoms with Gasteiger partial charge in [0.05, 0.1) is 6.61 Å². The number of hydrogen-bond acceptors (Lipinski definition) is 3. The molecule has 0 saturated carbocycles. The summed E-state index contributed by atoms with van der Waals surface area (Å²) in [5.74, 6) is 1.97. The Hall–Kier alpha value is -1.22. The van der Waals surface area contributed by atoms with Gasteiger partial charge in [-0.2, -0.15) is 0 Å². The smallest absolute Gasteiger partial charge is 0.166 e. The van der Waals surface area contributed by atoms with E-state index >= 15 is 0 Å². The first kappa shape index (κ1) is 13.7. The fourth-order valence-corrected chi connectivity index (χ4v) is 3.21. The minimum atomic E-state index is -0.112. The highest BCUT2D eigenvalue weighted by Gasteiger charge is 2.35. The Kier molecular flexibility index (Phi) is 3.63. The van der Waals surface area contributed by atoms with Crippen LogP contribution in [0.5, 0.6) is 11.5 Å². The van der Waals surface area contributed by atoms with Gasteiger partial charge >= 0.3 is 0 Å². The summed E-state index contributed by atoms with van der Waals surface area (Å²) in [4.78, 5) is 0. The van der Waals surface area contributed by atoms with Gasteiger partial charge in [0.2, 0.25) is 0 Å². The van der Waals surface area contributed by atoms with Crippen LogP contribution in [-0.2, 0) is 6.42 Å². The molecule has 1 aromatic carbocycles. The topological polar surface area (TPSA) is 30.5 Å². The van der Waals surface area contributed by atoms with Crippen molar-refractivity contribution < 1.29 is 9.47 Å². The highest BCUT2D eigenvalue weighted by atomic mass is 16.5. The van der Waals surface area contributed by atoms with Gasteiger partial charge in [0.25, 0.3) is 0 Å². The monoisotopic (exact) mass is 275 g/mol. The van der Waals surface area contributed by atoms with Crippen LogP contribution in [0.15, 0.2) is 12.1 Å². The SMILES string of the molecule is CCCNC1CCCOc2c1ccc1c2OC(C)(C)C1. The zero-order valence-electron chi connectivity index (χ0n) is 12.8. The van der Waals surface area contributed by atoms with Gasteiger partial charge in [0, 0.05) is 23.6 Å². The molecule has 0 spiro atoms. The molecule has 0 fully saturated rings. The molecule has 2 aliphatic rings. The second-order valence-electron chi connectivity index (χ2n) is 6.51. The van der Waals surface area contributed by atoms with E-state index in [0.717, 1.165) is 50.3 Å². The maximum Gasteiger partial charge on any atom is 0.166 e. The van der Waals surface area contributed by atoms with E-state index in [1.54, 1.807) is 0 Å². The van der Waals surface area contributed by atoms with Crippen molar-refractivity contribution >= 4 is 0 Å². The molecule has 1 unspecified atom stereocenters. The van der Waals surface area contributed by atoms with Crippen LogP contribution < -0.4 is 14.8 Å². The zero-order chi connectivity index (χ0) is 14.2. The predicted molar refractivity (Wildman–Crippen MR) is 80.6 cm³/mol. The second-order valence-corrected chi connectivity index (χ2v) is 6.51. The number of fused-ring (bicyclic) bond motifs is 3. The summed E-state index contributed by atoms with van der Waals surface area (Å²) in [6, 6.07) is 4.85. The molecule has 110 valence electrons. The van der Waals surface area contributed by atoms with Gasteiger partial charge in [0.15, 0.2) is 11.5 Å². The van der Waals surface area contributed by atoms with Crippen LogP contribution in [0.4, 0.5) is 0 Å². The lowest BCUT2D eigenvalue weighted by atomic mass is 9.97. The molecule has 0 aromatic heterocycles. The van der Waals surface area contributed by atoms with Crippen molar-refractivity contribution in [1.82, 2.24) is 5.32 Å². The van der Waals surface area contributed by atoms with Gasteiger partial charge in [-0.3, -0.25) is 0 Å². The molecule has 2 heterocycles. The first-order valence-electron chi connectivity index (χ1n) is 7.82. The third-order valence-electron chi connectivity index (χ3n) is 4.12. The minimum absolute atomic E-state index is 0.112. The molecule has 1 N–H and O–H groups in total. The predicted octanol–water partition coefficient (Wildman–Crippen LogP) is 3.61. The number of ether oxygens (including phenoxy) is 2. The van der Waals surface area contributed by atoms with E-state index in [9.17, 15) is 0 Å². The third-order valence-corrected chi connectivity index (χ3v) is 4.12. The molecule has 3 heteroatoms. The second kappa shape index (κ2) is 5.28. The van der Waals surface area contributed by atoms with E-state index in [-0.39, 0.29) is 5.60 Å². The van der Waals surface area contributed by atoms with Crippen molar-refractivity contribution in [2.45, 2.75) is 58.1 Å². The van der Waals surface area contributed by atoms with Crippen molar-refractivity contribution in [2.24, 2.45) is 0 Å². The van der Waals surface area contributed by atoms with Crippen LogP contribution in [0, 0.1) is 0 Å². The molecule has 1 atom stereocenters. The van der Waals surface area contributed by atoms with Crippen LogP contribution in [-0.4, -0.2) is 18.8 Å². The summed E-state index contributed by atoms with van der Waals surface area (Å²) in [6.45, 7) is 8.33. The van der Waals surface area contributed by atoms with Crippen LogP contribution >= 0.6 is 0 Å². The highest BCUT2D eigenvalue weighted by Crippen LogP contribution is 2.47. The Morgan fingerprint density at radius 2 is 2.15 bits per heavy atom. The summed E-state index contributed by atoms with van der Waals surface area (Å²) >= 11 is 0. The van der Waals surface area contributed by atoms with Crippen molar-refractivity contribution in [3.8, 4) is 11.5 Å². The van der Waals surface area contributed by atoms with Crippen molar-refractivity contribution in [1.29, 1.82) is 0 Å². The van der Waals surface area contributed by atoms with Gasteiger partial charge in [-0.05, 0) is 39.7 Å². The van der Waals surface area contributed by atoms with Gasteiger partial charge in [-0.25, -0.2) is 0 Å². The number of nitrogens with one attached hydrogen (secondary N) is 1. The van der Waals surface area contributed by atoms with E-state index in [1.807, 2.05) is 0 Å². The van der Waals surface area contributed by atoms with Crippen LogP contribution in [0.2, 0.25) is 0 Å². The van der Waals surface area contributed by atoms with Gasteiger partial charge in [-0.15, -0.1) is 0 Å². The summed E-state index contributed by atoms with van der Waals surface area (Å²) in [6.07, 6.45) is 4.34. The Morgan fingerprint density at radius 1 is 1.30 bits per heavy atom. The van der Waals surface area contributed by atoms with Crippen molar-refractivity contribution in [2.75, 3.05) is 13.2 Å². The molecule has 0 amide bonds. The van der Waals surface area contributed by atoms with E-state index < -0.39 is 0 Å². The molecule has 1 aromatic rings. The standard InChI is InChI=1S/C17H25NO2/c1-4-9-18-14-6-5-10-19-16-13(14)8-7-12-11-17(2,3)20-15(12)16/h7-8,14,18H,4-6,9-11H2,1-3H3. The Bertz CT molecular complexity index is 496. The van der Waals surface area contributed by atoms with E-state index in [0.29, 0.717) is 6.04 Å². The molecular formula is C17H25NO2. The molecule has 2 aliphatic heterocycles. The number of hydrogen-bond donors (Lipinski definition) is 1. The van der Waals surface area contributed by atoms with Crippen molar-refractivity contribution in [3.63, 3.8) is 0 Å². The Morgan fingerprint density at radius 3 is 2.95 bits per heavy atom. The fourth-order valence-electron chi connectivity index (χ4n) is 3.21. The zero-order valence-corrected chi connectivity index (χ0v) is 12.8. The fraction of sp³-hybridized carbons (Fsp3) is 0.647. The van der Waals surface area contributed by atoms with Crippen molar-refractivity contribution in [3.05, 3.63) is 23.3 Å². The molecule has 20 heavy (non-hydrogen) atoms. The van der Waals surface area contributed by atoms with Crippen LogP contribution in [0.3, 0.4) is 0 Å². The molecule has 0 aliphatic carbocycles. The van der Waals surface area contributed by atoms with E-state index in [4.69, 9.17) is 9.47 Å². The van der Waals surface area contributed by atoms with E-state index in [2.05, 4.69) is 38.2 Å². The quantitative estimate of drug-likeness (QED) is 0.914. The summed E-state index contributed by atoms with van der Waals surface area (Å²) < 4.78 is 12.2. The lowest BCUT2D eigenvalue weighted by Crippen LogP contribution is -2.25. The first-order chi connectivity index (χ1) is 9.61.